The lowest BCUT2D eigenvalue weighted by Gasteiger charge is -2.03. The number of benzene rings is 1. The normalized spacial score (nSPS) is 11.0. The van der Waals surface area contributed by atoms with Gasteiger partial charge in [0.05, 0.1) is 11.0 Å². The average molecular weight is 331 g/mol. The number of nitrogens with zero attached hydrogens (tertiary/aromatic N) is 4. The van der Waals surface area contributed by atoms with Gasteiger partial charge in [0.15, 0.2) is 0 Å². The fourth-order valence-corrected chi connectivity index (χ4v) is 3.01. The van der Waals surface area contributed by atoms with Crippen LogP contribution in [0.2, 0.25) is 0 Å². The molecule has 120 valence electrons. The number of hydrogen-bond donors (Lipinski definition) is 1. The summed E-state index contributed by atoms with van der Waals surface area (Å²) in [7, 11) is 0. The number of hydrogen-bond acceptors (Lipinski definition) is 5. The summed E-state index contributed by atoms with van der Waals surface area (Å²) < 4.78 is 3.42. The van der Waals surface area contributed by atoms with Crippen molar-refractivity contribution in [2.75, 3.05) is 5.32 Å². The third-order valence-corrected chi connectivity index (χ3v) is 4.15. The molecule has 23 heavy (non-hydrogen) atoms. The smallest absolute Gasteiger partial charge is 0.300 e. The molecule has 0 fully saturated rings. The summed E-state index contributed by atoms with van der Waals surface area (Å²) in [6.45, 7) is 3.04. The molecule has 0 aliphatic heterocycles. The molecule has 0 aliphatic carbocycles. The molecule has 1 amide bonds. The molecule has 0 unspecified atom stereocenters. The molecule has 3 rings (SSSR count). The van der Waals surface area contributed by atoms with Gasteiger partial charge < -0.3 is 5.32 Å². The highest BCUT2D eigenvalue weighted by molar-refractivity contribution is 7.13. The van der Waals surface area contributed by atoms with E-state index >= 15 is 0 Å². The number of nitrogens with one attached hydrogen (secondary N) is 1. The second kappa shape index (κ2) is 6.74. The van der Waals surface area contributed by atoms with Crippen LogP contribution < -0.4 is 11.0 Å². The fraction of sp³-hybridized carbons (Fsp3) is 0.333. The van der Waals surface area contributed by atoms with Crippen molar-refractivity contribution in [3.63, 3.8) is 0 Å². The SMILES string of the molecule is CCCn1c(=O)n(CCC(=O)Nc2nncs2)c2ccccc21. The van der Waals surface area contributed by atoms with Crippen LogP contribution in [0.4, 0.5) is 5.13 Å². The quantitative estimate of drug-likeness (QED) is 0.750. The molecule has 0 atom stereocenters. The van der Waals surface area contributed by atoms with E-state index in [9.17, 15) is 9.59 Å². The van der Waals surface area contributed by atoms with Gasteiger partial charge >= 0.3 is 5.69 Å². The fourth-order valence-electron chi connectivity index (χ4n) is 2.55. The van der Waals surface area contributed by atoms with Gasteiger partial charge in [0.1, 0.15) is 5.51 Å². The van der Waals surface area contributed by atoms with E-state index in [0.29, 0.717) is 18.2 Å². The number of amides is 1. The first-order chi connectivity index (χ1) is 11.2. The maximum Gasteiger partial charge on any atom is 0.329 e. The minimum absolute atomic E-state index is 0.0724. The molecule has 2 heterocycles. The van der Waals surface area contributed by atoms with Gasteiger partial charge in [0, 0.05) is 19.5 Å². The van der Waals surface area contributed by atoms with Gasteiger partial charge in [-0.05, 0) is 18.6 Å². The van der Waals surface area contributed by atoms with E-state index in [0.717, 1.165) is 17.5 Å². The Balaban J connectivity index is 1.81. The van der Waals surface area contributed by atoms with Crippen molar-refractivity contribution in [1.82, 2.24) is 19.3 Å². The van der Waals surface area contributed by atoms with Crippen molar-refractivity contribution >= 4 is 33.4 Å². The van der Waals surface area contributed by atoms with Crippen molar-refractivity contribution in [2.45, 2.75) is 32.9 Å². The molecule has 0 radical (unpaired) electrons. The van der Waals surface area contributed by atoms with Crippen LogP contribution in [0.15, 0.2) is 34.6 Å². The van der Waals surface area contributed by atoms with Crippen LogP contribution in [-0.2, 0) is 17.9 Å². The van der Waals surface area contributed by atoms with Crippen LogP contribution in [-0.4, -0.2) is 25.2 Å². The molecule has 1 N–H and O–H groups in total. The van der Waals surface area contributed by atoms with Gasteiger partial charge in [-0.3, -0.25) is 13.9 Å². The van der Waals surface area contributed by atoms with Gasteiger partial charge in [0.25, 0.3) is 0 Å². The van der Waals surface area contributed by atoms with E-state index in [1.54, 1.807) is 14.6 Å². The van der Waals surface area contributed by atoms with Crippen molar-refractivity contribution in [3.05, 3.63) is 40.3 Å². The number of imidazole rings is 1. The zero-order valence-corrected chi connectivity index (χ0v) is 13.5. The molecule has 0 bridgehead atoms. The predicted molar refractivity (Wildman–Crippen MR) is 89.6 cm³/mol. The molecule has 3 aromatic rings. The molecule has 8 heteroatoms. The topological polar surface area (TPSA) is 81.8 Å². The van der Waals surface area contributed by atoms with Crippen LogP contribution >= 0.6 is 11.3 Å². The molecular formula is C15H17N5O2S. The molecule has 0 spiro atoms. The Morgan fingerprint density at radius 2 is 1.91 bits per heavy atom. The number of fused-ring (bicyclic) bond motifs is 1. The Bertz CT molecular complexity index is 866. The number of carbonyl (C=O) groups excluding carboxylic acids is 1. The summed E-state index contributed by atoms with van der Waals surface area (Å²) in [6, 6.07) is 7.66. The second-order valence-electron chi connectivity index (χ2n) is 5.12. The molecule has 0 saturated carbocycles. The van der Waals surface area contributed by atoms with Gasteiger partial charge in [-0.1, -0.05) is 30.4 Å². The lowest BCUT2D eigenvalue weighted by molar-refractivity contribution is -0.116. The third kappa shape index (κ3) is 3.16. The monoisotopic (exact) mass is 331 g/mol. The van der Waals surface area contributed by atoms with Gasteiger partial charge in [-0.15, -0.1) is 10.2 Å². The van der Waals surface area contributed by atoms with E-state index in [1.165, 1.54) is 11.3 Å². The van der Waals surface area contributed by atoms with Crippen molar-refractivity contribution < 1.29 is 4.79 Å². The number of anilines is 1. The summed E-state index contributed by atoms with van der Waals surface area (Å²) >= 11 is 1.26. The van der Waals surface area contributed by atoms with Crippen LogP contribution in [0, 0.1) is 0 Å². The predicted octanol–water partition coefficient (Wildman–Crippen LogP) is 2.09. The third-order valence-electron chi connectivity index (χ3n) is 3.54. The molecule has 2 aromatic heterocycles. The summed E-state index contributed by atoms with van der Waals surface area (Å²) in [5.41, 5.74) is 3.24. The highest BCUT2D eigenvalue weighted by atomic mass is 32.1. The highest BCUT2D eigenvalue weighted by Crippen LogP contribution is 2.14. The van der Waals surface area contributed by atoms with Crippen LogP contribution in [0.3, 0.4) is 0 Å². The lowest BCUT2D eigenvalue weighted by Crippen LogP contribution is -2.26. The summed E-state index contributed by atoms with van der Waals surface area (Å²) in [5, 5.41) is 10.6. The number of para-hydroxylation sites is 2. The van der Waals surface area contributed by atoms with Crippen LogP contribution in [0.1, 0.15) is 19.8 Å². The van der Waals surface area contributed by atoms with Crippen LogP contribution in [0.5, 0.6) is 0 Å². The van der Waals surface area contributed by atoms with E-state index in [1.807, 2.05) is 31.2 Å². The molecule has 7 nitrogen and oxygen atoms in total. The van der Waals surface area contributed by atoms with E-state index in [2.05, 4.69) is 15.5 Å². The van der Waals surface area contributed by atoms with Gasteiger partial charge in [0.2, 0.25) is 11.0 Å². The van der Waals surface area contributed by atoms with Crippen molar-refractivity contribution in [2.24, 2.45) is 0 Å². The molecule has 1 aromatic carbocycles. The van der Waals surface area contributed by atoms with Crippen molar-refractivity contribution in [3.8, 4) is 0 Å². The Morgan fingerprint density at radius 1 is 1.22 bits per heavy atom. The minimum atomic E-state index is -0.180. The van der Waals surface area contributed by atoms with Gasteiger partial charge in [-0.2, -0.15) is 0 Å². The van der Waals surface area contributed by atoms with E-state index in [-0.39, 0.29) is 18.0 Å². The minimum Gasteiger partial charge on any atom is -0.300 e. The number of aryl methyl sites for hydroxylation is 2. The van der Waals surface area contributed by atoms with E-state index in [4.69, 9.17) is 0 Å². The Kier molecular flexibility index (Phi) is 4.52. The summed E-state index contributed by atoms with van der Waals surface area (Å²) in [5.74, 6) is -0.180. The van der Waals surface area contributed by atoms with Crippen molar-refractivity contribution in [1.29, 1.82) is 0 Å². The lowest BCUT2D eigenvalue weighted by atomic mass is 10.3. The zero-order valence-electron chi connectivity index (χ0n) is 12.7. The first kappa shape index (κ1) is 15.4. The average Bonchev–Trinajstić information content (AvgIpc) is 3.14. The Morgan fingerprint density at radius 3 is 2.52 bits per heavy atom. The largest absolute Gasteiger partial charge is 0.329 e. The first-order valence-electron chi connectivity index (χ1n) is 7.44. The maximum absolute atomic E-state index is 12.6. The summed E-state index contributed by atoms with van der Waals surface area (Å²) in [6.07, 6.45) is 1.09. The molecular weight excluding hydrogens is 314 g/mol. The number of rotatable bonds is 6. The standard InChI is InChI=1S/C15H17N5O2S/c1-2-8-19-11-5-3-4-6-12(11)20(15(19)22)9-7-13(21)17-14-18-16-10-23-14/h3-6,10H,2,7-9H2,1H3,(H,17,18,21). The van der Waals surface area contributed by atoms with Crippen LogP contribution in [0.25, 0.3) is 11.0 Å². The number of aromatic nitrogens is 4. The Labute approximate surface area is 136 Å². The maximum atomic E-state index is 12.6. The molecule has 0 aliphatic rings. The van der Waals surface area contributed by atoms with E-state index < -0.39 is 0 Å². The Hall–Kier alpha value is -2.48. The zero-order chi connectivity index (χ0) is 16.2. The second-order valence-corrected chi connectivity index (χ2v) is 5.95. The highest BCUT2D eigenvalue weighted by Gasteiger charge is 2.13. The van der Waals surface area contributed by atoms with Gasteiger partial charge in [-0.25, -0.2) is 4.79 Å². The molecule has 0 saturated heterocycles. The summed E-state index contributed by atoms with van der Waals surface area (Å²) in [4.78, 5) is 24.6. The number of carbonyl (C=O) groups is 1. The first-order valence-corrected chi connectivity index (χ1v) is 8.32.